The molecule has 0 spiro atoms. The fourth-order valence-electron chi connectivity index (χ4n) is 2.77. The lowest BCUT2D eigenvalue weighted by atomic mass is 10.1. The molecule has 1 amide bonds. The Bertz CT molecular complexity index is 1220. The van der Waals surface area contributed by atoms with Crippen molar-refractivity contribution in [2.45, 2.75) is 6.54 Å². The van der Waals surface area contributed by atoms with Crippen LogP contribution in [0.25, 0.3) is 11.3 Å². The first kappa shape index (κ1) is 20.8. The van der Waals surface area contributed by atoms with Gasteiger partial charge in [-0.15, -0.1) is 0 Å². The van der Waals surface area contributed by atoms with Crippen molar-refractivity contribution in [1.82, 2.24) is 20.0 Å². The van der Waals surface area contributed by atoms with E-state index in [9.17, 15) is 4.79 Å². The van der Waals surface area contributed by atoms with E-state index >= 15 is 0 Å². The standard InChI is InChI=1S/C20H13Cl4N5O/c21-13-4-1-11(2-5-13)17-8-18(27-26-17)20(30)25-19-16(24)10-29(28-19)9-12-3-6-14(22)7-15(12)23/h1-8,10H,9H2,(H,26,27)(H,25,28,30). The second kappa shape index (κ2) is 8.70. The zero-order chi connectivity index (χ0) is 21.3. The molecule has 4 rings (SSSR count). The maximum Gasteiger partial charge on any atom is 0.274 e. The summed E-state index contributed by atoms with van der Waals surface area (Å²) in [7, 11) is 0. The van der Waals surface area contributed by atoms with Gasteiger partial charge in [-0.1, -0.05) is 64.6 Å². The van der Waals surface area contributed by atoms with Crippen molar-refractivity contribution in [2.24, 2.45) is 0 Å². The fraction of sp³-hybridized carbons (Fsp3) is 0.0500. The minimum Gasteiger partial charge on any atom is -0.302 e. The maximum atomic E-state index is 12.6. The molecule has 0 saturated heterocycles. The molecule has 30 heavy (non-hydrogen) atoms. The van der Waals surface area contributed by atoms with Crippen molar-refractivity contribution >= 4 is 58.1 Å². The number of carbonyl (C=O) groups excluding carboxylic acids is 1. The molecule has 0 unspecified atom stereocenters. The zero-order valence-electron chi connectivity index (χ0n) is 15.2. The smallest absolute Gasteiger partial charge is 0.274 e. The van der Waals surface area contributed by atoms with Crippen LogP contribution in [-0.4, -0.2) is 25.9 Å². The first-order chi connectivity index (χ1) is 14.4. The number of rotatable bonds is 5. The van der Waals surface area contributed by atoms with E-state index in [1.807, 2.05) is 12.1 Å². The molecular formula is C20H13Cl4N5O. The van der Waals surface area contributed by atoms with Crippen LogP contribution in [0.4, 0.5) is 5.82 Å². The summed E-state index contributed by atoms with van der Waals surface area (Å²) in [5.41, 5.74) is 2.54. The topological polar surface area (TPSA) is 75.6 Å². The number of nitrogens with zero attached hydrogens (tertiary/aromatic N) is 3. The van der Waals surface area contributed by atoms with E-state index in [0.717, 1.165) is 11.1 Å². The van der Waals surface area contributed by atoms with E-state index in [2.05, 4.69) is 20.6 Å². The van der Waals surface area contributed by atoms with E-state index in [1.54, 1.807) is 47.3 Å². The van der Waals surface area contributed by atoms with Crippen molar-refractivity contribution in [3.63, 3.8) is 0 Å². The molecule has 0 atom stereocenters. The molecule has 0 aliphatic rings. The third-order valence-electron chi connectivity index (χ3n) is 4.26. The number of H-pyrrole nitrogens is 1. The van der Waals surface area contributed by atoms with Gasteiger partial charge in [-0.05, 0) is 35.9 Å². The molecule has 2 heterocycles. The highest BCUT2D eigenvalue weighted by Gasteiger charge is 2.16. The van der Waals surface area contributed by atoms with Gasteiger partial charge in [0.25, 0.3) is 5.91 Å². The second-order valence-corrected chi connectivity index (χ2v) is 8.07. The highest BCUT2D eigenvalue weighted by molar-refractivity contribution is 6.35. The normalized spacial score (nSPS) is 10.9. The molecule has 0 fully saturated rings. The molecule has 4 aromatic rings. The number of anilines is 1. The summed E-state index contributed by atoms with van der Waals surface area (Å²) in [6, 6.07) is 14.0. The van der Waals surface area contributed by atoms with Crippen LogP contribution in [-0.2, 0) is 6.54 Å². The Kier molecular flexibility index (Phi) is 6.01. The van der Waals surface area contributed by atoms with Crippen LogP contribution in [0.3, 0.4) is 0 Å². The Morgan fingerprint density at radius 1 is 0.967 bits per heavy atom. The molecule has 0 radical (unpaired) electrons. The van der Waals surface area contributed by atoms with Gasteiger partial charge < -0.3 is 5.32 Å². The Morgan fingerprint density at radius 3 is 2.43 bits per heavy atom. The Hall–Kier alpha value is -2.51. The van der Waals surface area contributed by atoms with Crippen LogP contribution in [0.5, 0.6) is 0 Å². The number of hydrogen-bond acceptors (Lipinski definition) is 3. The molecule has 0 saturated carbocycles. The van der Waals surface area contributed by atoms with E-state index in [-0.39, 0.29) is 11.5 Å². The first-order valence-corrected chi connectivity index (χ1v) is 10.2. The predicted molar refractivity (Wildman–Crippen MR) is 120 cm³/mol. The van der Waals surface area contributed by atoms with E-state index in [4.69, 9.17) is 46.4 Å². The van der Waals surface area contributed by atoms with Gasteiger partial charge in [-0.25, -0.2) is 0 Å². The van der Waals surface area contributed by atoms with Crippen LogP contribution >= 0.6 is 46.4 Å². The van der Waals surface area contributed by atoms with Gasteiger partial charge in [0, 0.05) is 26.8 Å². The highest BCUT2D eigenvalue weighted by atomic mass is 35.5. The van der Waals surface area contributed by atoms with Crippen molar-refractivity contribution in [3.05, 3.63) is 86.1 Å². The summed E-state index contributed by atoms with van der Waals surface area (Å²) < 4.78 is 1.58. The third-order valence-corrected chi connectivity index (χ3v) is 5.37. The number of aromatic amines is 1. The number of aromatic nitrogens is 4. The van der Waals surface area contributed by atoms with Gasteiger partial charge in [0.05, 0.1) is 12.2 Å². The number of benzene rings is 2. The lowest BCUT2D eigenvalue weighted by molar-refractivity contribution is 0.102. The zero-order valence-corrected chi connectivity index (χ0v) is 18.2. The Morgan fingerprint density at radius 2 is 1.70 bits per heavy atom. The lowest BCUT2D eigenvalue weighted by Gasteiger charge is -2.05. The van der Waals surface area contributed by atoms with Gasteiger partial charge in [0.1, 0.15) is 10.7 Å². The van der Waals surface area contributed by atoms with Crippen LogP contribution in [0.15, 0.2) is 54.7 Å². The summed E-state index contributed by atoms with van der Waals surface area (Å²) in [6.45, 7) is 0.371. The minimum atomic E-state index is -0.417. The van der Waals surface area contributed by atoms with Gasteiger partial charge in [-0.2, -0.15) is 10.2 Å². The summed E-state index contributed by atoms with van der Waals surface area (Å²) >= 11 is 24.3. The Labute approximate surface area is 191 Å². The van der Waals surface area contributed by atoms with Gasteiger partial charge in [-0.3, -0.25) is 14.6 Å². The largest absolute Gasteiger partial charge is 0.302 e. The quantitative estimate of drug-likeness (QED) is 0.357. The maximum absolute atomic E-state index is 12.6. The summed E-state index contributed by atoms with van der Waals surface area (Å²) in [4.78, 5) is 12.6. The number of carbonyl (C=O) groups is 1. The molecule has 0 aliphatic heterocycles. The molecule has 6 nitrogen and oxygen atoms in total. The van der Waals surface area contributed by atoms with Crippen LogP contribution in [0.2, 0.25) is 20.1 Å². The van der Waals surface area contributed by atoms with Gasteiger partial charge >= 0.3 is 0 Å². The van der Waals surface area contributed by atoms with Crippen molar-refractivity contribution in [2.75, 3.05) is 5.32 Å². The Balaban J connectivity index is 1.48. The highest BCUT2D eigenvalue weighted by Crippen LogP contribution is 2.25. The minimum absolute atomic E-state index is 0.231. The third kappa shape index (κ3) is 4.63. The summed E-state index contributed by atoms with van der Waals surface area (Å²) in [6.07, 6.45) is 1.61. The molecule has 10 heteroatoms. The van der Waals surface area contributed by atoms with Gasteiger partial charge in [0.15, 0.2) is 5.82 Å². The van der Waals surface area contributed by atoms with Crippen LogP contribution < -0.4 is 5.32 Å². The van der Waals surface area contributed by atoms with E-state index in [1.165, 1.54) is 0 Å². The first-order valence-electron chi connectivity index (χ1n) is 8.68. The van der Waals surface area contributed by atoms with E-state index < -0.39 is 5.91 Å². The summed E-state index contributed by atoms with van der Waals surface area (Å²) in [5, 5.41) is 15.9. The molecule has 2 aromatic heterocycles. The number of halogens is 4. The molecule has 2 N–H and O–H groups in total. The van der Waals surface area contributed by atoms with Crippen molar-refractivity contribution in [1.29, 1.82) is 0 Å². The molecule has 2 aromatic carbocycles. The van der Waals surface area contributed by atoms with Crippen molar-refractivity contribution < 1.29 is 4.79 Å². The molecule has 0 aliphatic carbocycles. The summed E-state index contributed by atoms with van der Waals surface area (Å²) in [5.74, 6) is -0.186. The molecule has 0 bridgehead atoms. The SMILES string of the molecule is O=C(Nc1nn(Cc2ccc(Cl)cc2Cl)cc1Cl)c1cc(-c2ccc(Cl)cc2)n[nH]1. The van der Waals surface area contributed by atoms with Crippen LogP contribution in [0.1, 0.15) is 16.1 Å². The van der Waals surface area contributed by atoms with Gasteiger partial charge in [0.2, 0.25) is 0 Å². The lowest BCUT2D eigenvalue weighted by Crippen LogP contribution is -2.13. The monoisotopic (exact) mass is 479 g/mol. The molecular weight excluding hydrogens is 468 g/mol. The van der Waals surface area contributed by atoms with Crippen molar-refractivity contribution in [3.8, 4) is 11.3 Å². The number of hydrogen-bond donors (Lipinski definition) is 2. The number of nitrogens with one attached hydrogen (secondary N) is 2. The average Bonchev–Trinajstić information content (AvgIpc) is 3.32. The fourth-order valence-corrected chi connectivity index (χ4v) is 3.56. The molecule has 152 valence electrons. The number of amides is 1. The second-order valence-electron chi connectivity index (χ2n) is 6.39. The average molecular weight is 481 g/mol. The van der Waals surface area contributed by atoms with E-state index in [0.29, 0.717) is 32.3 Å². The van der Waals surface area contributed by atoms with Crippen LogP contribution in [0, 0.1) is 0 Å². The predicted octanol–water partition coefficient (Wildman–Crippen LogP) is 6.19.